The first-order valence-electron chi connectivity index (χ1n) is 8.19. The maximum absolute atomic E-state index is 6.01. The van der Waals surface area contributed by atoms with Crippen LogP contribution in [0, 0.1) is 6.92 Å². The lowest BCUT2D eigenvalue weighted by Crippen LogP contribution is -2.03. The topological polar surface area (TPSA) is 21.6 Å². The van der Waals surface area contributed by atoms with Gasteiger partial charge in [0.2, 0.25) is 0 Å². The second-order valence-electron chi connectivity index (χ2n) is 5.62. The van der Waals surface area contributed by atoms with Crippen molar-refractivity contribution in [1.82, 2.24) is 0 Å². The molecule has 0 N–H and O–H groups in total. The van der Waals surface area contributed by atoms with Gasteiger partial charge in [0.1, 0.15) is 5.75 Å². The number of para-hydroxylation sites is 1. The zero-order valence-corrected chi connectivity index (χ0v) is 14.1. The molecule has 2 nitrogen and oxygen atoms in total. The van der Waals surface area contributed by atoms with Crippen LogP contribution in [0.5, 0.6) is 5.75 Å². The molecule has 0 heterocycles. The molecule has 0 saturated heterocycles. The van der Waals surface area contributed by atoms with Gasteiger partial charge in [0.05, 0.1) is 12.3 Å². The first-order valence-corrected chi connectivity index (χ1v) is 8.19. The molecular weight excluding hydrogens is 282 g/mol. The Morgan fingerprint density at radius 1 is 1.13 bits per heavy atom. The van der Waals surface area contributed by atoms with Gasteiger partial charge < -0.3 is 4.74 Å². The van der Waals surface area contributed by atoms with Crippen molar-refractivity contribution in [3.8, 4) is 5.75 Å². The van der Waals surface area contributed by atoms with E-state index in [2.05, 4.69) is 55.9 Å². The summed E-state index contributed by atoms with van der Waals surface area (Å²) in [5.41, 5.74) is 4.48. The normalized spacial score (nSPS) is 11.3. The number of rotatable bonds is 8. The number of allylic oxidation sites excluding steroid dienone is 1. The van der Waals surface area contributed by atoms with E-state index in [-0.39, 0.29) is 0 Å². The van der Waals surface area contributed by atoms with Crippen LogP contribution >= 0.6 is 0 Å². The van der Waals surface area contributed by atoms with E-state index in [9.17, 15) is 0 Å². The Balaban J connectivity index is 2.05. The van der Waals surface area contributed by atoms with Crippen molar-refractivity contribution in [2.24, 2.45) is 4.99 Å². The molecule has 0 spiro atoms. The molecule has 2 aromatic rings. The van der Waals surface area contributed by atoms with E-state index >= 15 is 0 Å². The fourth-order valence-electron chi connectivity index (χ4n) is 2.38. The highest BCUT2D eigenvalue weighted by atomic mass is 16.5. The van der Waals surface area contributed by atoms with Gasteiger partial charge >= 0.3 is 0 Å². The summed E-state index contributed by atoms with van der Waals surface area (Å²) in [5, 5.41) is 0. The van der Waals surface area contributed by atoms with E-state index in [0.29, 0.717) is 6.61 Å². The van der Waals surface area contributed by atoms with Gasteiger partial charge in [0.15, 0.2) is 0 Å². The highest BCUT2D eigenvalue weighted by molar-refractivity contribution is 5.72. The predicted molar refractivity (Wildman–Crippen MR) is 99.3 cm³/mol. The van der Waals surface area contributed by atoms with Crippen molar-refractivity contribution in [3.63, 3.8) is 0 Å². The number of hydrogen-bond donors (Lipinski definition) is 0. The maximum Gasteiger partial charge on any atom is 0.128 e. The SMILES string of the molecule is C=NC(=CCCC)c1ccccc1OCCc1ccc(C)cc1. The van der Waals surface area contributed by atoms with Crippen LogP contribution in [0.25, 0.3) is 5.70 Å². The molecule has 0 saturated carbocycles. The molecule has 0 amide bonds. The third-order valence-electron chi connectivity index (χ3n) is 3.73. The van der Waals surface area contributed by atoms with Crippen molar-refractivity contribution >= 4 is 12.4 Å². The van der Waals surface area contributed by atoms with Crippen LogP contribution in [-0.4, -0.2) is 13.3 Å². The van der Waals surface area contributed by atoms with E-state index < -0.39 is 0 Å². The minimum Gasteiger partial charge on any atom is -0.493 e. The van der Waals surface area contributed by atoms with Crippen molar-refractivity contribution < 1.29 is 4.74 Å². The molecule has 0 fully saturated rings. The van der Waals surface area contributed by atoms with Gasteiger partial charge in [0, 0.05) is 12.0 Å². The molecule has 0 unspecified atom stereocenters. The quantitative estimate of drug-likeness (QED) is 0.594. The van der Waals surface area contributed by atoms with Crippen LogP contribution in [-0.2, 0) is 6.42 Å². The Morgan fingerprint density at radius 2 is 1.87 bits per heavy atom. The number of aliphatic imine (C=N–C) groups is 1. The number of aryl methyl sites for hydroxylation is 1. The molecule has 0 aliphatic carbocycles. The summed E-state index contributed by atoms with van der Waals surface area (Å²) >= 11 is 0. The van der Waals surface area contributed by atoms with Crippen LogP contribution in [0.2, 0.25) is 0 Å². The first-order chi connectivity index (χ1) is 11.2. The summed E-state index contributed by atoms with van der Waals surface area (Å²) in [7, 11) is 0. The fraction of sp³-hybridized carbons (Fsp3) is 0.286. The Kier molecular flexibility index (Phi) is 6.61. The molecule has 0 radical (unpaired) electrons. The van der Waals surface area contributed by atoms with Gasteiger partial charge in [-0.3, -0.25) is 4.99 Å². The zero-order valence-electron chi connectivity index (χ0n) is 14.1. The van der Waals surface area contributed by atoms with Crippen LogP contribution < -0.4 is 4.74 Å². The summed E-state index contributed by atoms with van der Waals surface area (Å²) in [6.07, 6.45) is 5.10. The summed E-state index contributed by atoms with van der Waals surface area (Å²) in [6.45, 7) is 8.60. The van der Waals surface area contributed by atoms with E-state index in [1.165, 1.54) is 11.1 Å². The molecule has 0 aliphatic rings. The number of ether oxygens (including phenoxy) is 1. The van der Waals surface area contributed by atoms with Crippen LogP contribution in [0.3, 0.4) is 0 Å². The third kappa shape index (κ3) is 5.10. The van der Waals surface area contributed by atoms with Crippen LogP contribution in [0.4, 0.5) is 0 Å². The molecule has 0 bridgehead atoms. The highest BCUT2D eigenvalue weighted by Crippen LogP contribution is 2.27. The number of benzene rings is 2. The second kappa shape index (κ2) is 8.94. The van der Waals surface area contributed by atoms with Crippen LogP contribution in [0.15, 0.2) is 59.6 Å². The van der Waals surface area contributed by atoms with E-state index in [1.807, 2.05) is 24.3 Å². The summed E-state index contributed by atoms with van der Waals surface area (Å²) in [5.74, 6) is 0.870. The minimum absolute atomic E-state index is 0.651. The van der Waals surface area contributed by atoms with Crippen LogP contribution in [0.1, 0.15) is 36.5 Å². The Bertz CT molecular complexity index is 656. The standard InChI is InChI=1S/C21H25NO/c1-4-5-9-20(22-3)19-8-6-7-10-21(19)23-16-15-18-13-11-17(2)12-14-18/h6-14H,3-5,15-16H2,1-2H3. The maximum atomic E-state index is 6.01. The van der Waals surface area contributed by atoms with Crippen molar-refractivity contribution in [2.75, 3.05) is 6.61 Å². The molecule has 120 valence electrons. The summed E-state index contributed by atoms with van der Waals surface area (Å²) in [4.78, 5) is 4.16. The van der Waals surface area contributed by atoms with Gasteiger partial charge in [0.25, 0.3) is 0 Å². The number of nitrogens with zero attached hydrogens (tertiary/aromatic N) is 1. The fourth-order valence-corrected chi connectivity index (χ4v) is 2.38. The number of unbranched alkanes of at least 4 members (excludes halogenated alkanes) is 1. The third-order valence-corrected chi connectivity index (χ3v) is 3.73. The largest absolute Gasteiger partial charge is 0.493 e. The first kappa shape index (κ1) is 17.0. The summed E-state index contributed by atoms with van der Waals surface area (Å²) in [6, 6.07) is 16.6. The Morgan fingerprint density at radius 3 is 2.57 bits per heavy atom. The lowest BCUT2D eigenvalue weighted by molar-refractivity contribution is 0.321. The lowest BCUT2D eigenvalue weighted by atomic mass is 10.1. The molecule has 23 heavy (non-hydrogen) atoms. The smallest absolute Gasteiger partial charge is 0.128 e. The Hall–Kier alpha value is -2.35. The van der Waals surface area contributed by atoms with Gasteiger partial charge in [-0.2, -0.15) is 0 Å². The summed E-state index contributed by atoms with van der Waals surface area (Å²) < 4.78 is 6.01. The van der Waals surface area contributed by atoms with Gasteiger partial charge in [-0.15, -0.1) is 0 Å². The predicted octanol–water partition coefficient (Wildman–Crippen LogP) is 5.46. The average Bonchev–Trinajstić information content (AvgIpc) is 2.58. The second-order valence-corrected chi connectivity index (χ2v) is 5.62. The molecule has 0 atom stereocenters. The van der Waals surface area contributed by atoms with E-state index in [0.717, 1.165) is 36.3 Å². The molecule has 2 heteroatoms. The molecule has 2 rings (SSSR count). The van der Waals surface area contributed by atoms with Gasteiger partial charge in [-0.25, -0.2) is 0 Å². The molecule has 0 aliphatic heterocycles. The van der Waals surface area contributed by atoms with Gasteiger partial charge in [-0.05, 0) is 37.8 Å². The van der Waals surface area contributed by atoms with Crippen molar-refractivity contribution in [1.29, 1.82) is 0 Å². The van der Waals surface area contributed by atoms with E-state index in [4.69, 9.17) is 4.74 Å². The van der Waals surface area contributed by atoms with Gasteiger partial charge in [-0.1, -0.05) is 61.4 Å². The molecular formula is C21H25NO. The molecule has 2 aromatic carbocycles. The van der Waals surface area contributed by atoms with Crippen molar-refractivity contribution in [3.05, 3.63) is 71.3 Å². The number of hydrogen-bond acceptors (Lipinski definition) is 2. The minimum atomic E-state index is 0.651. The average molecular weight is 307 g/mol. The van der Waals surface area contributed by atoms with Crippen molar-refractivity contribution in [2.45, 2.75) is 33.1 Å². The monoisotopic (exact) mass is 307 g/mol. The lowest BCUT2D eigenvalue weighted by Gasteiger charge is -2.12. The highest BCUT2D eigenvalue weighted by Gasteiger charge is 2.07. The van der Waals surface area contributed by atoms with E-state index in [1.54, 1.807) is 0 Å². The zero-order chi connectivity index (χ0) is 16.5. The molecule has 0 aromatic heterocycles. The Labute approximate surface area is 139 Å².